The van der Waals surface area contributed by atoms with E-state index in [0.717, 1.165) is 0 Å². The summed E-state index contributed by atoms with van der Waals surface area (Å²) in [5.41, 5.74) is 0. The Morgan fingerprint density at radius 2 is 2.55 bits per heavy atom. The summed E-state index contributed by atoms with van der Waals surface area (Å²) in [7, 11) is 0. The summed E-state index contributed by atoms with van der Waals surface area (Å²) >= 11 is 0. The number of rotatable bonds is 3. The molecule has 4 heteroatoms. The fraction of sp³-hybridized carbons (Fsp3) is 0.429. The number of aromatic nitrogens is 1. The highest BCUT2D eigenvalue weighted by atomic mass is 16.4. The maximum atomic E-state index is 10.0. The van der Waals surface area contributed by atoms with E-state index in [9.17, 15) is 4.79 Å². The summed E-state index contributed by atoms with van der Waals surface area (Å²) < 4.78 is 5.17. The Morgan fingerprint density at radius 1 is 1.82 bits per heavy atom. The van der Waals surface area contributed by atoms with Crippen LogP contribution in [-0.4, -0.2) is 11.4 Å². The molecule has 1 atom stereocenters. The molecule has 1 rings (SSSR count). The van der Waals surface area contributed by atoms with E-state index < -0.39 is 0 Å². The molecule has 0 bridgehead atoms. The fourth-order valence-corrected chi connectivity index (χ4v) is 0.762. The van der Waals surface area contributed by atoms with Gasteiger partial charge in [0.05, 0.1) is 12.2 Å². The summed E-state index contributed by atoms with van der Waals surface area (Å²) in [6.07, 6.45) is 2.25. The van der Waals surface area contributed by atoms with E-state index in [1.54, 1.807) is 13.1 Å². The lowest BCUT2D eigenvalue weighted by molar-refractivity contribution is -0.110. The molecule has 0 aliphatic rings. The third-order valence-corrected chi connectivity index (χ3v) is 1.38. The second kappa shape index (κ2) is 3.18. The van der Waals surface area contributed by atoms with Crippen LogP contribution in [-0.2, 0) is 4.79 Å². The van der Waals surface area contributed by atoms with Crippen LogP contribution in [0.2, 0.25) is 0 Å². The topological polar surface area (TPSA) is 55.1 Å². The average molecular weight is 154 g/mol. The van der Waals surface area contributed by atoms with Crippen LogP contribution in [0.5, 0.6) is 0 Å². The zero-order valence-electron chi connectivity index (χ0n) is 6.50. The number of nitrogens with zero attached hydrogens (tertiary/aromatic N) is 1. The van der Waals surface area contributed by atoms with Crippen molar-refractivity contribution in [2.24, 2.45) is 0 Å². The Bertz CT molecular complexity index is 244. The first-order valence-corrected chi connectivity index (χ1v) is 3.36. The number of carbonyl (C=O) groups is 1. The normalized spacial score (nSPS) is 12.5. The zero-order chi connectivity index (χ0) is 8.27. The number of nitrogens with one attached hydrogen (secondary N) is 1. The molecule has 0 saturated carbocycles. The van der Waals surface area contributed by atoms with Crippen LogP contribution in [0.25, 0.3) is 0 Å². The SMILES string of the molecule is Cc1ncc(C(C)NC=O)o1. The quantitative estimate of drug-likeness (QED) is 0.655. The van der Waals surface area contributed by atoms with E-state index in [2.05, 4.69) is 10.3 Å². The monoisotopic (exact) mass is 154 g/mol. The number of oxazole rings is 1. The number of carbonyl (C=O) groups excluding carboxylic acids is 1. The van der Waals surface area contributed by atoms with Crippen molar-refractivity contribution in [3.05, 3.63) is 17.8 Å². The van der Waals surface area contributed by atoms with Gasteiger partial charge >= 0.3 is 0 Å². The first-order valence-electron chi connectivity index (χ1n) is 3.36. The smallest absolute Gasteiger partial charge is 0.207 e. The molecule has 0 spiro atoms. The molecule has 4 nitrogen and oxygen atoms in total. The third-order valence-electron chi connectivity index (χ3n) is 1.38. The van der Waals surface area contributed by atoms with Crippen molar-refractivity contribution in [1.29, 1.82) is 0 Å². The van der Waals surface area contributed by atoms with Gasteiger partial charge in [-0.25, -0.2) is 4.98 Å². The van der Waals surface area contributed by atoms with Gasteiger partial charge in [-0.1, -0.05) is 0 Å². The average Bonchev–Trinajstić information content (AvgIpc) is 2.36. The van der Waals surface area contributed by atoms with Gasteiger partial charge < -0.3 is 9.73 Å². The summed E-state index contributed by atoms with van der Waals surface area (Å²) in [6, 6.07) is -0.103. The minimum Gasteiger partial charge on any atom is -0.444 e. The Morgan fingerprint density at radius 3 is 3.00 bits per heavy atom. The molecule has 0 saturated heterocycles. The van der Waals surface area contributed by atoms with Gasteiger partial charge in [0.2, 0.25) is 6.41 Å². The molecule has 0 aromatic carbocycles. The van der Waals surface area contributed by atoms with Crippen molar-refractivity contribution in [1.82, 2.24) is 10.3 Å². The van der Waals surface area contributed by atoms with Gasteiger partial charge in [-0.05, 0) is 6.92 Å². The molecule has 1 aromatic rings. The van der Waals surface area contributed by atoms with E-state index in [1.165, 1.54) is 0 Å². The van der Waals surface area contributed by atoms with E-state index in [0.29, 0.717) is 18.1 Å². The second-order valence-electron chi connectivity index (χ2n) is 2.29. The molecule has 1 heterocycles. The van der Waals surface area contributed by atoms with Gasteiger partial charge in [-0.2, -0.15) is 0 Å². The number of hydrogen-bond acceptors (Lipinski definition) is 3. The highest BCUT2D eigenvalue weighted by Crippen LogP contribution is 2.11. The summed E-state index contributed by atoms with van der Waals surface area (Å²) in [4.78, 5) is 13.9. The third kappa shape index (κ3) is 1.80. The fourth-order valence-electron chi connectivity index (χ4n) is 0.762. The predicted octanol–water partition coefficient (Wildman–Crippen LogP) is 0.790. The molecule has 0 aliphatic carbocycles. The maximum Gasteiger partial charge on any atom is 0.207 e. The molecule has 0 fully saturated rings. The van der Waals surface area contributed by atoms with Crippen molar-refractivity contribution >= 4 is 6.41 Å². The molecule has 60 valence electrons. The van der Waals surface area contributed by atoms with Crippen LogP contribution >= 0.6 is 0 Å². The largest absolute Gasteiger partial charge is 0.444 e. The second-order valence-corrected chi connectivity index (χ2v) is 2.29. The van der Waals surface area contributed by atoms with Crippen molar-refractivity contribution < 1.29 is 9.21 Å². The lowest BCUT2D eigenvalue weighted by Gasteiger charge is -2.03. The highest BCUT2D eigenvalue weighted by molar-refractivity contribution is 5.46. The van der Waals surface area contributed by atoms with Gasteiger partial charge in [0.1, 0.15) is 5.76 Å². The first-order chi connectivity index (χ1) is 5.24. The van der Waals surface area contributed by atoms with Crippen LogP contribution < -0.4 is 5.32 Å². The number of amides is 1. The van der Waals surface area contributed by atoms with Crippen LogP contribution in [0.1, 0.15) is 24.6 Å². The summed E-state index contributed by atoms with van der Waals surface area (Å²) in [5.74, 6) is 1.29. The van der Waals surface area contributed by atoms with Crippen LogP contribution in [0.15, 0.2) is 10.6 Å². The first kappa shape index (κ1) is 7.78. The molecular formula is C7H10N2O2. The molecule has 1 amide bonds. The Balaban J connectivity index is 2.67. The van der Waals surface area contributed by atoms with Gasteiger partial charge in [-0.3, -0.25) is 4.79 Å². The Hall–Kier alpha value is -1.32. The summed E-state index contributed by atoms with van der Waals surface area (Å²) in [6.45, 7) is 3.59. The van der Waals surface area contributed by atoms with Gasteiger partial charge in [0, 0.05) is 6.92 Å². The Kier molecular flexibility index (Phi) is 2.25. The molecular weight excluding hydrogens is 144 g/mol. The maximum absolute atomic E-state index is 10.0. The van der Waals surface area contributed by atoms with Crippen molar-refractivity contribution in [2.75, 3.05) is 0 Å². The van der Waals surface area contributed by atoms with Crippen molar-refractivity contribution in [3.63, 3.8) is 0 Å². The standard InChI is InChI=1S/C7H10N2O2/c1-5(9-4-10)7-3-8-6(2)11-7/h3-5H,1-2H3,(H,9,10). The van der Waals surface area contributed by atoms with E-state index >= 15 is 0 Å². The minimum absolute atomic E-state index is 0.103. The molecule has 1 aromatic heterocycles. The van der Waals surface area contributed by atoms with Crippen molar-refractivity contribution in [3.8, 4) is 0 Å². The van der Waals surface area contributed by atoms with Crippen LogP contribution in [0.3, 0.4) is 0 Å². The van der Waals surface area contributed by atoms with E-state index in [1.807, 2.05) is 6.92 Å². The Labute approximate surface area is 64.6 Å². The van der Waals surface area contributed by atoms with Gasteiger partial charge in [0.15, 0.2) is 5.89 Å². The zero-order valence-corrected chi connectivity index (χ0v) is 6.50. The van der Waals surface area contributed by atoms with E-state index in [4.69, 9.17) is 4.42 Å². The highest BCUT2D eigenvalue weighted by Gasteiger charge is 2.07. The lowest BCUT2D eigenvalue weighted by Crippen LogP contribution is -2.15. The molecule has 0 aliphatic heterocycles. The number of hydrogen-bond donors (Lipinski definition) is 1. The van der Waals surface area contributed by atoms with Crippen LogP contribution in [0.4, 0.5) is 0 Å². The number of aryl methyl sites for hydroxylation is 1. The van der Waals surface area contributed by atoms with Crippen LogP contribution in [0, 0.1) is 6.92 Å². The van der Waals surface area contributed by atoms with Gasteiger partial charge in [0.25, 0.3) is 0 Å². The minimum atomic E-state index is -0.103. The molecule has 1 unspecified atom stereocenters. The van der Waals surface area contributed by atoms with Crippen molar-refractivity contribution in [2.45, 2.75) is 19.9 Å². The van der Waals surface area contributed by atoms with E-state index in [-0.39, 0.29) is 6.04 Å². The lowest BCUT2D eigenvalue weighted by atomic mass is 10.3. The molecule has 0 radical (unpaired) electrons. The predicted molar refractivity (Wildman–Crippen MR) is 38.9 cm³/mol. The molecule has 1 N–H and O–H groups in total. The van der Waals surface area contributed by atoms with Gasteiger partial charge in [-0.15, -0.1) is 0 Å². The molecule has 11 heavy (non-hydrogen) atoms. The summed E-state index contributed by atoms with van der Waals surface area (Å²) in [5, 5.41) is 2.56.